The fourth-order valence-corrected chi connectivity index (χ4v) is 3.65. The quantitative estimate of drug-likeness (QED) is 0.741. The lowest BCUT2D eigenvalue weighted by atomic mass is 9.80. The van der Waals surface area contributed by atoms with E-state index in [-0.39, 0.29) is 17.9 Å². The van der Waals surface area contributed by atoms with Crippen LogP contribution in [0.3, 0.4) is 0 Å². The summed E-state index contributed by atoms with van der Waals surface area (Å²) in [6.07, 6.45) is 4.37. The van der Waals surface area contributed by atoms with Gasteiger partial charge in [-0.2, -0.15) is 0 Å². The van der Waals surface area contributed by atoms with Gasteiger partial charge in [-0.15, -0.1) is 0 Å². The lowest BCUT2D eigenvalue weighted by Crippen LogP contribution is -2.44. The van der Waals surface area contributed by atoms with Gasteiger partial charge in [0, 0.05) is 42.4 Å². The van der Waals surface area contributed by atoms with E-state index in [0.29, 0.717) is 25.4 Å². The Kier molecular flexibility index (Phi) is 4.13. The molecule has 0 aromatic carbocycles. The van der Waals surface area contributed by atoms with Crippen molar-refractivity contribution in [1.29, 1.82) is 0 Å². The van der Waals surface area contributed by atoms with Gasteiger partial charge in [0.1, 0.15) is 0 Å². The number of carbonyl (C=O) groups excluding carboxylic acids is 2. The second kappa shape index (κ2) is 5.48. The van der Waals surface area contributed by atoms with Crippen LogP contribution in [0.25, 0.3) is 0 Å². The molecule has 7 heteroatoms. The summed E-state index contributed by atoms with van der Waals surface area (Å²) in [7, 11) is -0.911. The minimum atomic E-state index is -0.911. The van der Waals surface area contributed by atoms with Crippen molar-refractivity contribution in [3.05, 3.63) is 0 Å². The Bertz CT molecular complexity index is 415. The fraction of sp³-hybridized carbons (Fsp3) is 0.833. The number of hydrogen-bond acceptors (Lipinski definition) is 3. The zero-order valence-electron chi connectivity index (χ0n) is 11.2. The van der Waals surface area contributed by atoms with Crippen LogP contribution in [0.5, 0.6) is 0 Å². The van der Waals surface area contributed by atoms with Gasteiger partial charge in [-0.1, -0.05) is 6.42 Å². The molecule has 1 saturated heterocycles. The molecule has 1 unspecified atom stereocenters. The number of nitrogens with zero attached hydrogens (tertiary/aromatic N) is 1. The summed E-state index contributed by atoms with van der Waals surface area (Å²) in [5, 5.41) is 2.74. The summed E-state index contributed by atoms with van der Waals surface area (Å²) in [4.78, 5) is 25.4. The van der Waals surface area contributed by atoms with E-state index >= 15 is 0 Å². The van der Waals surface area contributed by atoms with E-state index in [1.807, 2.05) is 0 Å². The molecule has 0 aromatic heterocycles. The van der Waals surface area contributed by atoms with Gasteiger partial charge in [-0.05, 0) is 18.8 Å². The van der Waals surface area contributed by atoms with E-state index in [1.165, 1.54) is 0 Å². The molecule has 0 aromatic rings. The number of nitrogens with two attached hydrogens (primary N) is 1. The Hall–Kier alpha value is -1.11. The average Bonchev–Trinajstić information content (AvgIpc) is 2.84. The highest BCUT2D eigenvalue weighted by Crippen LogP contribution is 2.48. The highest BCUT2D eigenvalue weighted by molar-refractivity contribution is 7.84. The second-order valence-electron chi connectivity index (χ2n) is 5.50. The lowest BCUT2D eigenvalue weighted by molar-refractivity contribution is -0.128. The number of urea groups is 1. The van der Waals surface area contributed by atoms with Crippen molar-refractivity contribution >= 4 is 22.7 Å². The number of likely N-dealkylation sites (tertiary alicyclic amines) is 1. The van der Waals surface area contributed by atoms with Gasteiger partial charge in [-0.3, -0.25) is 9.00 Å². The summed E-state index contributed by atoms with van der Waals surface area (Å²) in [6, 6.07) is -0.180. The number of primary amides is 1. The minimum absolute atomic E-state index is 0.180. The van der Waals surface area contributed by atoms with Gasteiger partial charge in [0.25, 0.3) is 0 Å². The molecule has 0 spiro atoms. The third-order valence-electron chi connectivity index (χ3n) is 4.31. The fourth-order valence-electron chi connectivity index (χ4n) is 3.26. The number of amides is 3. The van der Waals surface area contributed by atoms with Crippen molar-refractivity contribution in [3.8, 4) is 0 Å². The van der Waals surface area contributed by atoms with Gasteiger partial charge < -0.3 is 16.0 Å². The summed E-state index contributed by atoms with van der Waals surface area (Å²) >= 11 is 0. The third kappa shape index (κ3) is 2.75. The van der Waals surface area contributed by atoms with Crippen LogP contribution in [0.2, 0.25) is 0 Å². The Balaban J connectivity index is 1.92. The van der Waals surface area contributed by atoms with E-state index < -0.39 is 16.2 Å². The molecule has 1 aliphatic carbocycles. The van der Waals surface area contributed by atoms with E-state index in [0.717, 1.165) is 19.3 Å². The van der Waals surface area contributed by atoms with E-state index in [4.69, 9.17) is 5.73 Å². The lowest BCUT2D eigenvalue weighted by Gasteiger charge is -2.24. The van der Waals surface area contributed by atoms with Crippen LogP contribution in [-0.2, 0) is 15.6 Å². The van der Waals surface area contributed by atoms with Crippen molar-refractivity contribution in [3.63, 3.8) is 0 Å². The summed E-state index contributed by atoms with van der Waals surface area (Å²) in [6.45, 7) is 1.42. The molecule has 3 amide bonds. The van der Waals surface area contributed by atoms with E-state index in [1.54, 1.807) is 11.2 Å². The van der Waals surface area contributed by atoms with Crippen molar-refractivity contribution in [2.24, 2.45) is 17.1 Å². The molecule has 3 atom stereocenters. The highest BCUT2D eigenvalue weighted by Gasteiger charge is 2.54. The summed E-state index contributed by atoms with van der Waals surface area (Å²) in [5.41, 5.74) is 5.03. The van der Waals surface area contributed by atoms with Crippen molar-refractivity contribution < 1.29 is 13.8 Å². The molecule has 3 N–H and O–H groups in total. The van der Waals surface area contributed by atoms with Crippen LogP contribution in [0, 0.1) is 11.3 Å². The zero-order chi connectivity index (χ0) is 14.0. The van der Waals surface area contributed by atoms with E-state index in [2.05, 4.69) is 5.32 Å². The standard InChI is InChI=1S/C12H21N3O3S/c1-19(18)6-5-14-11(17)15-7-9-3-2-4-12(9,8-15)10(13)16/h9H,2-8H2,1H3,(H2,13,16)(H,14,17)/t9-,12-,19?/m0/s1. The first kappa shape index (κ1) is 14.3. The number of hydrogen-bond donors (Lipinski definition) is 2. The molecule has 2 aliphatic rings. The predicted octanol–water partition coefficient (Wildman–Crippen LogP) is -0.338. The van der Waals surface area contributed by atoms with Crippen molar-refractivity contribution in [1.82, 2.24) is 10.2 Å². The molecule has 0 radical (unpaired) electrons. The normalized spacial score (nSPS) is 31.0. The molecule has 6 nitrogen and oxygen atoms in total. The number of fused-ring (bicyclic) bond motifs is 1. The smallest absolute Gasteiger partial charge is 0.317 e. The molecular weight excluding hydrogens is 266 g/mol. The number of rotatable bonds is 4. The van der Waals surface area contributed by atoms with Gasteiger partial charge in [0.15, 0.2) is 0 Å². The Morgan fingerprint density at radius 2 is 2.26 bits per heavy atom. The minimum Gasteiger partial charge on any atom is -0.369 e. The van der Waals surface area contributed by atoms with Crippen LogP contribution < -0.4 is 11.1 Å². The van der Waals surface area contributed by atoms with Gasteiger partial charge in [0.2, 0.25) is 5.91 Å². The van der Waals surface area contributed by atoms with Crippen LogP contribution in [-0.4, -0.2) is 52.7 Å². The first-order valence-electron chi connectivity index (χ1n) is 6.58. The molecule has 1 aliphatic heterocycles. The van der Waals surface area contributed by atoms with Gasteiger partial charge in [-0.25, -0.2) is 4.79 Å². The predicted molar refractivity (Wildman–Crippen MR) is 72.9 cm³/mol. The Morgan fingerprint density at radius 1 is 1.53 bits per heavy atom. The monoisotopic (exact) mass is 287 g/mol. The molecular formula is C12H21N3O3S. The molecule has 108 valence electrons. The SMILES string of the molecule is CS(=O)CCNC(=O)N1C[C@@H]2CCC[C@]2(C(N)=O)C1. The molecule has 1 saturated carbocycles. The van der Waals surface area contributed by atoms with Gasteiger partial charge >= 0.3 is 6.03 Å². The third-order valence-corrected chi connectivity index (χ3v) is 5.09. The molecule has 2 rings (SSSR count). The van der Waals surface area contributed by atoms with Crippen LogP contribution >= 0.6 is 0 Å². The second-order valence-corrected chi connectivity index (χ2v) is 7.05. The molecule has 2 fully saturated rings. The maximum absolute atomic E-state index is 12.0. The van der Waals surface area contributed by atoms with Crippen LogP contribution in [0.4, 0.5) is 4.79 Å². The summed E-state index contributed by atoms with van der Waals surface area (Å²) in [5.74, 6) is 0.375. The Morgan fingerprint density at radius 3 is 2.84 bits per heavy atom. The average molecular weight is 287 g/mol. The molecule has 1 heterocycles. The molecule has 0 bridgehead atoms. The molecule has 19 heavy (non-hydrogen) atoms. The Labute approximate surface area is 115 Å². The maximum Gasteiger partial charge on any atom is 0.317 e. The zero-order valence-corrected chi connectivity index (χ0v) is 12.0. The highest BCUT2D eigenvalue weighted by atomic mass is 32.2. The van der Waals surface area contributed by atoms with Gasteiger partial charge in [0.05, 0.1) is 5.41 Å². The summed E-state index contributed by atoms with van der Waals surface area (Å²) < 4.78 is 10.9. The first-order chi connectivity index (χ1) is 8.95. The number of nitrogens with one attached hydrogen (secondary N) is 1. The van der Waals surface area contributed by atoms with Crippen molar-refractivity contribution in [2.45, 2.75) is 19.3 Å². The number of carbonyl (C=O) groups is 2. The first-order valence-corrected chi connectivity index (χ1v) is 8.31. The maximum atomic E-state index is 12.0. The van der Waals surface area contributed by atoms with Crippen molar-refractivity contribution in [2.75, 3.05) is 31.6 Å². The largest absolute Gasteiger partial charge is 0.369 e. The van der Waals surface area contributed by atoms with Crippen LogP contribution in [0.1, 0.15) is 19.3 Å². The van der Waals surface area contributed by atoms with Crippen LogP contribution in [0.15, 0.2) is 0 Å². The topological polar surface area (TPSA) is 92.5 Å². The van der Waals surface area contributed by atoms with E-state index in [9.17, 15) is 13.8 Å².